The minimum Gasteiger partial charge on any atom is -0.403 e. The van der Waals surface area contributed by atoms with E-state index >= 15 is 0 Å². The molecule has 2 rings (SSSR count). The first-order valence-corrected chi connectivity index (χ1v) is 4.84. The highest BCUT2D eigenvalue weighted by Gasteiger charge is 2.29. The Labute approximate surface area is 98.9 Å². The fraction of sp³-hybridized carbons (Fsp3) is 0.200. The minimum absolute atomic E-state index is 0.226. The average Bonchev–Trinajstić information content (AvgIpc) is 2.67. The SMILES string of the molecule is NC(=O)c1ccc2c(c1)ncn2OCC(F)(F)F. The third kappa shape index (κ3) is 2.53. The molecule has 0 bridgehead atoms. The molecular formula is C10H8F3N3O2. The van der Waals surface area contributed by atoms with Gasteiger partial charge in [-0.05, 0) is 18.2 Å². The van der Waals surface area contributed by atoms with Crippen molar-refractivity contribution in [2.45, 2.75) is 6.18 Å². The van der Waals surface area contributed by atoms with Gasteiger partial charge in [0.05, 0.1) is 5.52 Å². The van der Waals surface area contributed by atoms with Gasteiger partial charge in [-0.15, -0.1) is 0 Å². The van der Waals surface area contributed by atoms with Crippen molar-refractivity contribution >= 4 is 16.9 Å². The van der Waals surface area contributed by atoms with Gasteiger partial charge in [0.1, 0.15) is 11.8 Å². The number of carbonyl (C=O) groups is 1. The van der Waals surface area contributed by atoms with E-state index < -0.39 is 18.7 Å². The highest BCUT2D eigenvalue weighted by Crippen LogP contribution is 2.16. The molecule has 0 saturated heterocycles. The first-order valence-electron chi connectivity index (χ1n) is 4.84. The van der Waals surface area contributed by atoms with Crippen molar-refractivity contribution in [3.8, 4) is 0 Å². The van der Waals surface area contributed by atoms with Gasteiger partial charge >= 0.3 is 6.18 Å². The molecule has 1 aromatic carbocycles. The van der Waals surface area contributed by atoms with Crippen molar-refractivity contribution < 1.29 is 22.8 Å². The number of imidazole rings is 1. The highest BCUT2D eigenvalue weighted by atomic mass is 19.4. The van der Waals surface area contributed by atoms with Crippen LogP contribution < -0.4 is 10.6 Å². The minimum atomic E-state index is -4.43. The van der Waals surface area contributed by atoms with Gasteiger partial charge in [0, 0.05) is 5.56 Å². The average molecular weight is 259 g/mol. The second-order valence-corrected chi connectivity index (χ2v) is 3.53. The van der Waals surface area contributed by atoms with E-state index in [0.717, 1.165) is 11.1 Å². The van der Waals surface area contributed by atoms with Crippen molar-refractivity contribution in [3.63, 3.8) is 0 Å². The summed E-state index contributed by atoms with van der Waals surface area (Å²) in [5.41, 5.74) is 5.95. The maximum atomic E-state index is 12.0. The van der Waals surface area contributed by atoms with Gasteiger partial charge in [-0.1, -0.05) is 0 Å². The standard InChI is InChI=1S/C10H8F3N3O2/c11-10(12,13)4-18-16-5-15-7-3-6(9(14)17)1-2-8(7)16/h1-3,5H,4H2,(H2,14,17). The van der Waals surface area contributed by atoms with Crippen LogP contribution in [0.15, 0.2) is 24.5 Å². The molecule has 0 radical (unpaired) electrons. The first-order chi connectivity index (χ1) is 8.37. The summed E-state index contributed by atoms with van der Waals surface area (Å²) in [6.07, 6.45) is -3.33. The monoisotopic (exact) mass is 259 g/mol. The van der Waals surface area contributed by atoms with Crippen LogP contribution in [0.2, 0.25) is 0 Å². The number of alkyl halides is 3. The largest absolute Gasteiger partial charge is 0.425 e. The van der Waals surface area contributed by atoms with Crippen molar-refractivity contribution in [2.75, 3.05) is 6.61 Å². The lowest BCUT2D eigenvalue weighted by atomic mass is 10.2. The Bertz CT molecular complexity index is 592. The van der Waals surface area contributed by atoms with E-state index in [0.29, 0.717) is 11.0 Å². The predicted octanol–water partition coefficient (Wildman–Crippen LogP) is 1.13. The quantitative estimate of drug-likeness (QED) is 0.898. The Morgan fingerprint density at radius 2 is 2.17 bits per heavy atom. The maximum Gasteiger partial charge on any atom is 0.425 e. The van der Waals surface area contributed by atoms with E-state index in [-0.39, 0.29) is 5.56 Å². The van der Waals surface area contributed by atoms with Gasteiger partial charge in [-0.2, -0.15) is 17.9 Å². The molecule has 0 unspecified atom stereocenters. The third-order valence-electron chi connectivity index (χ3n) is 2.17. The molecule has 0 aliphatic carbocycles. The van der Waals surface area contributed by atoms with Crippen LogP contribution in [0, 0.1) is 0 Å². The molecule has 0 saturated carbocycles. The molecule has 96 valence electrons. The second-order valence-electron chi connectivity index (χ2n) is 3.53. The lowest BCUT2D eigenvalue weighted by molar-refractivity contribution is -0.173. The summed E-state index contributed by atoms with van der Waals surface area (Å²) in [5.74, 6) is -0.636. The summed E-state index contributed by atoms with van der Waals surface area (Å²) in [6, 6.07) is 4.18. The summed E-state index contributed by atoms with van der Waals surface area (Å²) >= 11 is 0. The van der Waals surface area contributed by atoms with Gasteiger partial charge in [-0.3, -0.25) is 4.79 Å². The Morgan fingerprint density at radius 1 is 1.44 bits per heavy atom. The predicted molar refractivity (Wildman–Crippen MR) is 55.8 cm³/mol. The highest BCUT2D eigenvalue weighted by molar-refractivity contribution is 5.96. The first kappa shape index (κ1) is 12.2. The number of hydrogen-bond donors (Lipinski definition) is 1. The second kappa shape index (κ2) is 4.21. The Hall–Kier alpha value is -2.25. The molecular weight excluding hydrogens is 251 g/mol. The maximum absolute atomic E-state index is 12.0. The van der Waals surface area contributed by atoms with E-state index in [9.17, 15) is 18.0 Å². The lowest BCUT2D eigenvalue weighted by Crippen LogP contribution is -2.25. The molecule has 0 spiro atoms. The number of fused-ring (bicyclic) bond motifs is 1. The number of hydrogen-bond acceptors (Lipinski definition) is 3. The van der Waals surface area contributed by atoms with E-state index in [1.807, 2.05) is 0 Å². The molecule has 0 aliphatic heterocycles. The number of rotatable bonds is 3. The zero-order valence-corrected chi connectivity index (χ0v) is 8.94. The number of nitrogens with zero attached hydrogens (tertiary/aromatic N) is 2. The molecule has 0 fully saturated rings. The van der Waals surface area contributed by atoms with Gasteiger partial charge in [0.2, 0.25) is 12.5 Å². The van der Waals surface area contributed by atoms with E-state index in [4.69, 9.17) is 5.73 Å². The number of halogens is 3. The molecule has 2 aromatic rings. The Kier molecular flexibility index (Phi) is 2.85. The third-order valence-corrected chi connectivity index (χ3v) is 2.17. The van der Waals surface area contributed by atoms with Gasteiger partial charge < -0.3 is 10.6 Å². The zero-order valence-electron chi connectivity index (χ0n) is 8.94. The Balaban J connectivity index is 2.29. The van der Waals surface area contributed by atoms with E-state index in [2.05, 4.69) is 9.82 Å². The number of amides is 1. The lowest BCUT2D eigenvalue weighted by Gasteiger charge is -2.09. The summed E-state index contributed by atoms with van der Waals surface area (Å²) in [7, 11) is 0. The molecule has 5 nitrogen and oxygen atoms in total. The number of nitrogens with two attached hydrogens (primary N) is 1. The topological polar surface area (TPSA) is 70.1 Å². The molecule has 2 N–H and O–H groups in total. The van der Waals surface area contributed by atoms with Crippen LogP contribution in [0.25, 0.3) is 11.0 Å². The van der Waals surface area contributed by atoms with E-state index in [1.54, 1.807) is 0 Å². The van der Waals surface area contributed by atoms with Crippen molar-refractivity contribution in [1.82, 2.24) is 9.71 Å². The number of primary amides is 1. The van der Waals surface area contributed by atoms with Crippen LogP contribution in [-0.2, 0) is 0 Å². The zero-order chi connectivity index (χ0) is 13.3. The molecule has 1 amide bonds. The van der Waals surface area contributed by atoms with Crippen LogP contribution >= 0.6 is 0 Å². The fourth-order valence-corrected chi connectivity index (χ4v) is 1.39. The van der Waals surface area contributed by atoms with Crippen LogP contribution in [0.5, 0.6) is 0 Å². The van der Waals surface area contributed by atoms with Gasteiger partial charge in [-0.25, -0.2) is 4.98 Å². The Morgan fingerprint density at radius 3 is 2.78 bits per heavy atom. The van der Waals surface area contributed by atoms with Crippen molar-refractivity contribution in [3.05, 3.63) is 30.1 Å². The van der Waals surface area contributed by atoms with Crippen LogP contribution in [-0.4, -0.2) is 28.4 Å². The molecule has 18 heavy (non-hydrogen) atoms. The van der Waals surface area contributed by atoms with Crippen molar-refractivity contribution in [1.29, 1.82) is 0 Å². The van der Waals surface area contributed by atoms with Gasteiger partial charge in [0.15, 0.2) is 0 Å². The number of benzene rings is 1. The summed E-state index contributed by atoms with van der Waals surface area (Å²) < 4.78 is 36.9. The molecule has 1 heterocycles. The fourth-order valence-electron chi connectivity index (χ4n) is 1.39. The molecule has 8 heteroatoms. The normalized spacial score (nSPS) is 11.7. The summed E-state index contributed by atoms with van der Waals surface area (Å²) in [4.78, 5) is 19.3. The van der Waals surface area contributed by atoms with Crippen molar-refractivity contribution in [2.24, 2.45) is 5.73 Å². The number of aromatic nitrogens is 2. The van der Waals surface area contributed by atoms with Crippen LogP contribution in [0.4, 0.5) is 13.2 Å². The van der Waals surface area contributed by atoms with E-state index in [1.165, 1.54) is 18.2 Å². The summed E-state index contributed by atoms with van der Waals surface area (Å²) in [5, 5.41) is 0. The van der Waals surface area contributed by atoms with Gasteiger partial charge in [0.25, 0.3) is 0 Å². The molecule has 0 aliphatic rings. The molecule has 1 aromatic heterocycles. The summed E-state index contributed by atoms with van der Waals surface area (Å²) in [6.45, 7) is -1.42. The van der Waals surface area contributed by atoms with Crippen LogP contribution in [0.1, 0.15) is 10.4 Å². The molecule has 0 atom stereocenters. The van der Waals surface area contributed by atoms with Crippen LogP contribution in [0.3, 0.4) is 0 Å². The smallest absolute Gasteiger partial charge is 0.403 e. The number of carbonyl (C=O) groups excluding carboxylic acids is 1.